The fraction of sp³-hybridized carbons (Fsp3) is 0.125. The number of ketones is 1. The third-order valence-corrected chi connectivity index (χ3v) is 4.66. The zero-order valence-corrected chi connectivity index (χ0v) is 17.0. The normalized spacial score (nSPS) is 12.0. The largest absolute Gasteiger partial charge is 0.369 e. The Morgan fingerprint density at radius 3 is 1.90 bits per heavy atom. The van der Waals surface area contributed by atoms with Gasteiger partial charge in [-0.25, -0.2) is 4.99 Å². The number of carbonyl (C=O) groups is 2. The molecule has 3 aromatic carbocycles. The number of amides is 1. The summed E-state index contributed by atoms with van der Waals surface area (Å²) in [6.45, 7) is 0. The molecule has 4 nitrogen and oxygen atoms in total. The van der Waals surface area contributed by atoms with E-state index in [-0.39, 0.29) is 11.7 Å². The molecule has 0 aliphatic heterocycles. The maximum absolute atomic E-state index is 12.8. The average molecular weight is 405 g/mol. The fourth-order valence-corrected chi connectivity index (χ4v) is 3.09. The number of halogens is 1. The van der Waals surface area contributed by atoms with Crippen molar-refractivity contribution < 1.29 is 9.59 Å². The predicted octanol–water partition coefficient (Wildman–Crippen LogP) is 4.82. The van der Waals surface area contributed by atoms with Gasteiger partial charge in [-0.2, -0.15) is 0 Å². The highest BCUT2D eigenvalue weighted by molar-refractivity contribution is 6.30. The minimum absolute atomic E-state index is 0.0582. The Morgan fingerprint density at radius 2 is 1.34 bits per heavy atom. The maximum atomic E-state index is 12.8. The summed E-state index contributed by atoms with van der Waals surface area (Å²) in [5, 5.41) is 0.598. The summed E-state index contributed by atoms with van der Waals surface area (Å²) in [4.78, 5) is 31.3. The van der Waals surface area contributed by atoms with Crippen molar-refractivity contribution in [3.8, 4) is 0 Å². The lowest BCUT2D eigenvalue weighted by Crippen LogP contribution is -2.16. The van der Waals surface area contributed by atoms with Crippen LogP contribution in [0.1, 0.15) is 33.0 Å². The van der Waals surface area contributed by atoms with E-state index in [4.69, 9.17) is 11.6 Å². The van der Waals surface area contributed by atoms with Crippen molar-refractivity contribution in [2.45, 2.75) is 5.92 Å². The lowest BCUT2D eigenvalue weighted by atomic mass is 9.89. The van der Waals surface area contributed by atoms with Crippen LogP contribution in [0.15, 0.2) is 83.9 Å². The summed E-state index contributed by atoms with van der Waals surface area (Å²) in [5.41, 5.74) is 2.75. The van der Waals surface area contributed by atoms with Crippen LogP contribution in [0.5, 0.6) is 0 Å². The van der Waals surface area contributed by atoms with Crippen LogP contribution in [0.3, 0.4) is 0 Å². The van der Waals surface area contributed by atoms with Gasteiger partial charge in [0.25, 0.3) is 5.91 Å². The molecule has 0 fully saturated rings. The monoisotopic (exact) mass is 404 g/mol. The summed E-state index contributed by atoms with van der Waals surface area (Å²) in [6.07, 6.45) is 1.48. The minimum Gasteiger partial charge on any atom is -0.369 e. The molecule has 0 bridgehead atoms. The van der Waals surface area contributed by atoms with Crippen molar-refractivity contribution in [3.63, 3.8) is 0 Å². The van der Waals surface area contributed by atoms with Gasteiger partial charge in [-0.15, -0.1) is 0 Å². The van der Waals surface area contributed by atoms with E-state index in [1.54, 1.807) is 67.5 Å². The Morgan fingerprint density at radius 1 is 0.828 bits per heavy atom. The van der Waals surface area contributed by atoms with Crippen molar-refractivity contribution in [1.29, 1.82) is 0 Å². The van der Waals surface area contributed by atoms with Crippen molar-refractivity contribution in [3.05, 3.63) is 106 Å². The molecule has 0 saturated heterocycles. The lowest BCUT2D eigenvalue weighted by molar-refractivity contribution is -0.118. The van der Waals surface area contributed by atoms with Crippen LogP contribution in [-0.2, 0) is 4.79 Å². The number of rotatable bonds is 6. The number of benzene rings is 3. The Hall–Kier alpha value is -3.24. The number of hydrogen-bond donors (Lipinski definition) is 0. The lowest BCUT2D eigenvalue weighted by Gasteiger charge is -2.15. The molecule has 3 aromatic rings. The summed E-state index contributed by atoms with van der Waals surface area (Å²) < 4.78 is 0. The summed E-state index contributed by atoms with van der Waals surface area (Å²) in [6, 6.07) is 23.3. The number of carbonyl (C=O) groups excluding carboxylic acids is 2. The van der Waals surface area contributed by atoms with Crippen molar-refractivity contribution >= 4 is 29.6 Å². The first-order chi connectivity index (χ1) is 14.0. The molecule has 29 heavy (non-hydrogen) atoms. The molecule has 0 unspecified atom stereocenters. The molecule has 0 saturated carbocycles. The zero-order chi connectivity index (χ0) is 20.8. The van der Waals surface area contributed by atoms with Crippen LogP contribution in [0.4, 0.5) is 0 Å². The average Bonchev–Trinajstić information content (AvgIpc) is 2.74. The Kier molecular flexibility index (Phi) is 6.57. The molecule has 3 rings (SSSR count). The quantitative estimate of drug-likeness (QED) is 0.336. The molecular formula is C24H21ClN2O2. The van der Waals surface area contributed by atoms with Gasteiger partial charge >= 0.3 is 0 Å². The highest BCUT2D eigenvalue weighted by Gasteiger charge is 2.23. The topological polar surface area (TPSA) is 49.7 Å². The number of aliphatic imine (C=N–C) groups is 1. The van der Waals surface area contributed by atoms with Gasteiger partial charge in [0.2, 0.25) is 0 Å². The van der Waals surface area contributed by atoms with Crippen LogP contribution in [0.25, 0.3) is 0 Å². The third kappa shape index (κ3) is 5.18. The molecule has 0 aliphatic carbocycles. The Bertz CT molecular complexity index is 1010. The molecule has 1 atom stereocenters. The van der Waals surface area contributed by atoms with Crippen LogP contribution in [0.2, 0.25) is 5.02 Å². The third-order valence-electron chi connectivity index (χ3n) is 4.41. The van der Waals surface area contributed by atoms with Crippen molar-refractivity contribution in [2.24, 2.45) is 4.99 Å². The fourth-order valence-electron chi connectivity index (χ4n) is 2.96. The van der Waals surface area contributed by atoms with E-state index in [2.05, 4.69) is 4.99 Å². The minimum atomic E-state index is -0.579. The molecule has 0 heterocycles. The molecule has 0 aliphatic rings. The second kappa shape index (κ2) is 9.30. The molecule has 5 heteroatoms. The van der Waals surface area contributed by atoms with E-state index in [0.29, 0.717) is 16.1 Å². The number of nitrogens with zero attached hydrogens (tertiary/aromatic N) is 2. The van der Waals surface area contributed by atoms with Crippen LogP contribution >= 0.6 is 11.6 Å². The van der Waals surface area contributed by atoms with E-state index >= 15 is 0 Å². The molecule has 146 valence electrons. The predicted molar refractivity (Wildman–Crippen MR) is 117 cm³/mol. The molecular weight excluding hydrogens is 384 g/mol. The van der Waals surface area contributed by atoms with Crippen LogP contribution in [0, 0.1) is 0 Å². The molecule has 0 aromatic heterocycles. The second-order valence-electron chi connectivity index (χ2n) is 6.85. The Labute approximate surface area is 175 Å². The van der Waals surface area contributed by atoms with Gasteiger partial charge in [0, 0.05) is 30.2 Å². The first-order valence-electron chi connectivity index (χ1n) is 9.15. The molecule has 1 amide bonds. The van der Waals surface area contributed by atoms with E-state index in [1.165, 1.54) is 6.34 Å². The molecule has 0 radical (unpaired) electrons. The first-order valence-corrected chi connectivity index (χ1v) is 9.53. The van der Waals surface area contributed by atoms with Gasteiger partial charge in [0.15, 0.2) is 5.78 Å². The van der Waals surface area contributed by atoms with Crippen molar-refractivity contribution in [2.75, 3.05) is 14.1 Å². The van der Waals surface area contributed by atoms with E-state index in [9.17, 15) is 9.59 Å². The molecule has 0 spiro atoms. The van der Waals surface area contributed by atoms with Gasteiger partial charge in [-0.3, -0.25) is 9.59 Å². The van der Waals surface area contributed by atoms with Crippen LogP contribution < -0.4 is 0 Å². The second-order valence-corrected chi connectivity index (χ2v) is 7.28. The smallest absolute Gasteiger partial charge is 0.259 e. The van der Waals surface area contributed by atoms with Crippen molar-refractivity contribution in [1.82, 2.24) is 4.90 Å². The van der Waals surface area contributed by atoms with E-state index in [1.807, 2.05) is 30.3 Å². The zero-order valence-electron chi connectivity index (χ0n) is 16.2. The highest BCUT2D eigenvalue weighted by atomic mass is 35.5. The van der Waals surface area contributed by atoms with Gasteiger partial charge in [0.1, 0.15) is 0 Å². The summed E-state index contributed by atoms with van der Waals surface area (Å²) in [5.74, 6) is -0.926. The Balaban J connectivity index is 1.94. The van der Waals surface area contributed by atoms with E-state index < -0.39 is 5.92 Å². The summed E-state index contributed by atoms with van der Waals surface area (Å²) >= 11 is 6.00. The van der Waals surface area contributed by atoms with Gasteiger partial charge < -0.3 is 4.90 Å². The number of hydrogen-bond acceptors (Lipinski definition) is 2. The standard InChI is InChI=1S/C24H21ClN2O2/c1-27(2)16-26-24(29)22(18-12-14-21(25)15-13-18)17-8-10-20(11-9-17)23(28)19-6-4-3-5-7-19/h3-16,22H,1-2H3/t22-/m1/s1. The summed E-state index contributed by atoms with van der Waals surface area (Å²) in [7, 11) is 3.61. The first kappa shape index (κ1) is 20.5. The van der Waals surface area contributed by atoms with Crippen LogP contribution in [-0.4, -0.2) is 37.0 Å². The van der Waals surface area contributed by atoms with Gasteiger partial charge in [-0.1, -0.05) is 78.3 Å². The van der Waals surface area contributed by atoms with Gasteiger partial charge in [-0.05, 0) is 23.3 Å². The SMILES string of the molecule is CN(C)C=NC(=O)[C@@H](c1ccc(Cl)cc1)c1ccc(C(=O)c2ccccc2)cc1. The molecule has 0 N–H and O–H groups in total. The highest BCUT2D eigenvalue weighted by Crippen LogP contribution is 2.28. The van der Waals surface area contributed by atoms with E-state index in [0.717, 1.165) is 11.1 Å². The maximum Gasteiger partial charge on any atom is 0.259 e. The van der Waals surface area contributed by atoms with Gasteiger partial charge in [0.05, 0.1) is 12.3 Å².